The number of ether oxygens (including phenoxy) is 3. The van der Waals surface area contributed by atoms with Gasteiger partial charge in [-0.05, 0) is 56.5 Å². The zero-order valence-corrected chi connectivity index (χ0v) is 26.2. The van der Waals surface area contributed by atoms with Crippen molar-refractivity contribution < 1.29 is 33.4 Å². The van der Waals surface area contributed by atoms with Crippen molar-refractivity contribution in [1.82, 2.24) is 20.5 Å². The van der Waals surface area contributed by atoms with Crippen LogP contribution in [-0.4, -0.2) is 70.8 Å². The third-order valence-electron chi connectivity index (χ3n) is 8.87. The predicted octanol–water partition coefficient (Wildman–Crippen LogP) is 4.79. The lowest BCUT2D eigenvalue weighted by Gasteiger charge is -2.38. The van der Waals surface area contributed by atoms with Crippen LogP contribution in [0.5, 0.6) is 5.88 Å². The minimum atomic E-state index is -1.87. The molecule has 2 N–H and O–H groups in total. The Morgan fingerprint density at radius 1 is 1.07 bits per heavy atom. The van der Waals surface area contributed by atoms with Crippen molar-refractivity contribution in [3.8, 4) is 5.88 Å². The smallest absolute Gasteiger partial charge is 0.409 e. The van der Waals surface area contributed by atoms with Crippen molar-refractivity contribution in [2.24, 2.45) is 5.92 Å². The van der Waals surface area contributed by atoms with Crippen molar-refractivity contribution in [3.63, 3.8) is 0 Å². The molecule has 11 heteroatoms. The second-order valence-corrected chi connectivity index (χ2v) is 12.1. The average molecular weight is 621 g/mol. The number of esters is 1. The van der Waals surface area contributed by atoms with E-state index < -0.39 is 35.3 Å². The molecule has 45 heavy (non-hydrogen) atoms. The summed E-state index contributed by atoms with van der Waals surface area (Å²) in [6, 6.07) is 9.53. The minimum absolute atomic E-state index is 0.0299. The summed E-state index contributed by atoms with van der Waals surface area (Å²) in [6.07, 6.45) is 10.3. The van der Waals surface area contributed by atoms with E-state index in [9.17, 15) is 19.2 Å². The molecule has 1 aliphatic carbocycles. The van der Waals surface area contributed by atoms with Crippen LogP contribution in [-0.2, 0) is 23.9 Å². The molecular weight excluding hydrogens is 576 g/mol. The number of carbonyl (C=O) groups excluding carboxylic acids is 4. The molecule has 11 nitrogen and oxygen atoms in total. The Bertz CT molecular complexity index is 1430. The molecule has 5 rings (SSSR count). The molecule has 2 aliphatic heterocycles. The van der Waals surface area contributed by atoms with Gasteiger partial charge in [0.25, 0.3) is 5.91 Å². The van der Waals surface area contributed by atoms with Gasteiger partial charge in [-0.15, -0.1) is 0 Å². The lowest BCUT2D eigenvalue weighted by atomic mass is 10.0. The largest absolute Gasteiger partial charge is 0.472 e. The molecular formula is C34H44N4O7. The van der Waals surface area contributed by atoms with Crippen LogP contribution in [0.3, 0.4) is 0 Å². The summed E-state index contributed by atoms with van der Waals surface area (Å²) in [6.45, 7) is 4.03. The summed E-state index contributed by atoms with van der Waals surface area (Å²) in [5.41, 5.74) is -3.17. The van der Waals surface area contributed by atoms with Crippen LogP contribution in [0.15, 0.2) is 48.7 Å². The second-order valence-electron chi connectivity index (χ2n) is 12.1. The molecule has 3 heterocycles. The Balaban J connectivity index is 1.52. The Morgan fingerprint density at radius 3 is 2.71 bits per heavy atom. The van der Waals surface area contributed by atoms with Gasteiger partial charge in [0, 0.05) is 30.3 Å². The van der Waals surface area contributed by atoms with E-state index in [0.29, 0.717) is 25.1 Å². The van der Waals surface area contributed by atoms with Crippen molar-refractivity contribution in [3.05, 3.63) is 48.7 Å². The monoisotopic (exact) mass is 620 g/mol. The van der Waals surface area contributed by atoms with Crippen LogP contribution < -0.4 is 15.4 Å². The summed E-state index contributed by atoms with van der Waals surface area (Å²) < 4.78 is 17.2. The summed E-state index contributed by atoms with van der Waals surface area (Å²) in [5.74, 6) is -1.41. The Kier molecular flexibility index (Phi) is 10.2. The fraction of sp³-hybridized carbons (Fsp3) is 0.559. The van der Waals surface area contributed by atoms with E-state index in [1.54, 1.807) is 13.1 Å². The SMILES string of the molecule is CCCCOC(=O)NC12CC(Oc3nccc4ccccc34)CN1C(=O)CCCCCC/C=C\C1CC1(C(=O)OCC)NC2=O. The first-order valence-electron chi connectivity index (χ1n) is 16.2. The van der Waals surface area contributed by atoms with Crippen LogP contribution in [0.2, 0.25) is 0 Å². The molecule has 0 bridgehead atoms. The van der Waals surface area contributed by atoms with Gasteiger partial charge in [0.2, 0.25) is 17.5 Å². The Morgan fingerprint density at radius 2 is 1.89 bits per heavy atom. The van der Waals surface area contributed by atoms with Gasteiger partial charge >= 0.3 is 12.1 Å². The summed E-state index contributed by atoms with van der Waals surface area (Å²) in [5, 5.41) is 7.43. The third kappa shape index (κ3) is 7.07. The van der Waals surface area contributed by atoms with Crippen LogP contribution >= 0.6 is 0 Å². The van der Waals surface area contributed by atoms with Gasteiger partial charge in [-0.25, -0.2) is 14.6 Å². The zero-order valence-electron chi connectivity index (χ0n) is 26.2. The Labute approximate surface area is 264 Å². The first kappa shape index (κ1) is 32.2. The van der Waals surface area contributed by atoms with Gasteiger partial charge in [-0.3, -0.25) is 14.9 Å². The van der Waals surface area contributed by atoms with Gasteiger partial charge in [0.05, 0.1) is 19.8 Å². The maximum absolute atomic E-state index is 14.5. The van der Waals surface area contributed by atoms with E-state index in [0.717, 1.165) is 42.9 Å². The molecule has 1 saturated carbocycles. The van der Waals surface area contributed by atoms with E-state index in [1.807, 2.05) is 49.4 Å². The van der Waals surface area contributed by atoms with Gasteiger partial charge < -0.3 is 24.4 Å². The first-order chi connectivity index (χ1) is 21.8. The topological polar surface area (TPSA) is 136 Å². The lowest BCUT2D eigenvalue weighted by molar-refractivity contribution is -0.153. The Hall–Kier alpha value is -4.15. The maximum Gasteiger partial charge on any atom is 0.409 e. The molecule has 242 valence electrons. The van der Waals surface area contributed by atoms with Gasteiger partial charge in [0.15, 0.2) is 0 Å². The van der Waals surface area contributed by atoms with E-state index in [4.69, 9.17) is 14.2 Å². The number of hydrogen-bond donors (Lipinski definition) is 2. The number of aromatic nitrogens is 1. The number of pyridine rings is 1. The fourth-order valence-corrected chi connectivity index (χ4v) is 6.31. The number of nitrogens with zero attached hydrogens (tertiary/aromatic N) is 2. The first-order valence-corrected chi connectivity index (χ1v) is 16.2. The van der Waals surface area contributed by atoms with Crippen LogP contribution in [0.25, 0.3) is 10.8 Å². The molecule has 2 aromatic rings. The highest BCUT2D eigenvalue weighted by Gasteiger charge is 2.65. The molecule has 3 amide bonds. The molecule has 1 aromatic carbocycles. The lowest BCUT2D eigenvalue weighted by Crippen LogP contribution is -2.69. The number of carbonyl (C=O) groups is 4. The van der Waals surface area contributed by atoms with Gasteiger partial charge in [-0.1, -0.05) is 56.5 Å². The van der Waals surface area contributed by atoms with Crippen molar-refractivity contribution in [2.75, 3.05) is 19.8 Å². The van der Waals surface area contributed by atoms with E-state index in [-0.39, 0.29) is 44.4 Å². The second kappa shape index (κ2) is 14.3. The standard InChI is InChI=1S/C34H44N4O7/c1-3-5-20-44-32(42)37-34-22-26(45-29-27-16-13-12-14-24(27)18-19-35-29)23-38(34)28(39)17-11-9-7-6-8-10-15-25-21-33(25,36-30(34)40)31(41)43-4-2/h10,12-16,18-19,25-26H,3-9,11,17,20-23H2,1-2H3,(H,36,40)(H,37,42)/b15-10-. The number of rotatable bonds is 8. The number of nitrogens with one attached hydrogen (secondary N) is 2. The maximum atomic E-state index is 14.5. The highest BCUT2D eigenvalue weighted by atomic mass is 16.6. The highest BCUT2D eigenvalue weighted by molar-refractivity contribution is 5.99. The minimum Gasteiger partial charge on any atom is -0.472 e. The number of alkyl carbamates (subject to hydrolysis) is 1. The van der Waals surface area contributed by atoms with E-state index in [2.05, 4.69) is 15.6 Å². The molecule has 4 atom stereocenters. The average Bonchev–Trinajstić information content (AvgIpc) is 3.61. The fourth-order valence-electron chi connectivity index (χ4n) is 6.31. The quantitative estimate of drug-likeness (QED) is 0.244. The summed E-state index contributed by atoms with van der Waals surface area (Å²) >= 11 is 0. The van der Waals surface area contributed by atoms with Crippen molar-refractivity contribution in [2.45, 2.75) is 95.4 Å². The molecule has 4 unspecified atom stereocenters. The normalized spacial score (nSPS) is 27.6. The number of hydrogen-bond acceptors (Lipinski definition) is 8. The van der Waals surface area contributed by atoms with E-state index in [1.165, 1.54) is 4.90 Å². The molecule has 1 aromatic heterocycles. The van der Waals surface area contributed by atoms with Crippen molar-refractivity contribution >= 4 is 34.6 Å². The molecule has 0 spiro atoms. The molecule has 2 fully saturated rings. The molecule has 1 saturated heterocycles. The molecule has 0 radical (unpaired) electrons. The number of amides is 3. The number of benzene rings is 1. The van der Waals surface area contributed by atoms with Crippen LogP contribution in [0, 0.1) is 5.92 Å². The van der Waals surface area contributed by atoms with Gasteiger partial charge in [0.1, 0.15) is 11.6 Å². The number of unbranched alkanes of at least 4 members (excludes halogenated alkanes) is 1. The van der Waals surface area contributed by atoms with Gasteiger partial charge in [-0.2, -0.15) is 0 Å². The predicted molar refractivity (Wildman–Crippen MR) is 167 cm³/mol. The number of fused-ring (bicyclic) bond motifs is 3. The van der Waals surface area contributed by atoms with Crippen molar-refractivity contribution in [1.29, 1.82) is 0 Å². The highest BCUT2D eigenvalue weighted by Crippen LogP contribution is 2.47. The van der Waals surface area contributed by atoms with Crippen LogP contribution in [0.4, 0.5) is 4.79 Å². The zero-order chi connectivity index (χ0) is 31.9. The number of allylic oxidation sites excluding steroid dienone is 1. The van der Waals surface area contributed by atoms with Crippen LogP contribution in [0.1, 0.15) is 78.1 Å². The molecule has 3 aliphatic rings. The summed E-state index contributed by atoms with van der Waals surface area (Å²) in [4.78, 5) is 60.8. The van der Waals surface area contributed by atoms with E-state index >= 15 is 0 Å². The summed E-state index contributed by atoms with van der Waals surface area (Å²) in [7, 11) is 0. The third-order valence-corrected chi connectivity index (χ3v) is 8.87.